The van der Waals surface area contributed by atoms with Gasteiger partial charge in [-0.15, -0.1) is 0 Å². The summed E-state index contributed by atoms with van der Waals surface area (Å²) in [5.74, 6) is 1.26. The lowest BCUT2D eigenvalue weighted by molar-refractivity contribution is -0.926. The highest BCUT2D eigenvalue weighted by Gasteiger charge is 2.15. The Labute approximate surface area is 174 Å². The van der Waals surface area contributed by atoms with Crippen LogP contribution in [-0.4, -0.2) is 43.8 Å². The third kappa shape index (κ3) is 4.60. The van der Waals surface area contributed by atoms with Crippen molar-refractivity contribution in [1.29, 1.82) is 0 Å². The number of carbonyl (C=O) groups is 1. The van der Waals surface area contributed by atoms with Crippen molar-refractivity contribution in [3.05, 3.63) is 63.7 Å². The molecule has 0 saturated heterocycles. The highest BCUT2D eigenvalue weighted by Crippen LogP contribution is 2.29. The van der Waals surface area contributed by atoms with Gasteiger partial charge in [-0.05, 0) is 25.1 Å². The molecule has 2 aromatic carbocycles. The van der Waals surface area contributed by atoms with Gasteiger partial charge in [-0.25, -0.2) is 9.78 Å². The molecule has 0 amide bonds. The Morgan fingerprint density at radius 3 is 2.30 bits per heavy atom. The summed E-state index contributed by atoms with van der Waals surface area (Å²) in [7, 11) is 4.44. The average molecular weight is 412 g/mol. The van der Waals surface area contributed by atoms with E-state index in [-0.39, 0.29) is 11.5 Å². The number of rotatable bonds is 8. The molecule has 2 N–H and O–H groups in total. The second kappa shape index (κ2) is 9.41. The maximum Gasteiger partial charge on any atom is 0.337 e. The summed E-state index contributed by atoms with van der Waals surface area (Å²) in [5.41, 5.74) is 1.94. The number of ether oxygens (including phenoxy) is 3. The molecule has 0 aliphatic carbocycles. The standard InChI is InChI=1S/C22H25N3O5/c1-5-25(12-14-6-8-15(9-7-14)22(27)30-4)13-20-23-17-11-19(29-3)18(28-2)10-16(17)21(26)24-20/h6-11H,5,12-13H2,1-4H3,(H,23,24,26)/p+1. The van der Waals surface area contributed by atoms with Crippen molar-refractivity contribution in [2.45, 2.75) is 20.0 Å². The number of aromatic nitrogens is 2. The van der Waals surface area contributed by atoms with Crippen LogP contribution in [0.2, 0.25) is 0 Å². The molecule has 3 aromatic rings. The fraction of sp³-hybridized carbons (Fsp3) is 0.318. The van der Waals surface area contributed by atoms with Crippen LogP contribution in [-0.2, 0) is 17.8 Å². The van der Waals surface area contributed by atoms with E-state index in [9.17, 15) is 9.59 Å². The maximum atomic E-state index is 12.6. The fourth-order valence-electron chi connectivity index (χ4n) is 3.31. The van der Waals surface area contributed by atoms with Gasteiger partial charge in [0.05, 0.1) is 44.3 Å². The number of hydrogen-bond donors (Lipinski definition) is 2. The number of nitrogens with one attached hydrogen (secondary N) is 2. The van der Waals surface area contributed by atoms with Crippen LogP contribution in [0.25, 0.3) is 10.9 Å². The van der Waals surface area contributed by atoms with Crippen molar-refractivity contribution in [2.75, 3.05) is 27.9 Å². The predicted molar refractivity (Wildman–Crippen MR) is 112 cm³/mol. The number of nitrogens with zero attached hydrogens (tertiary/aromatic N) is 1. The Bertz CT molecular complexity index is 1090. The van der Waals surface area contributed by atoms with E-state index in [0.29, 0.717) is 40.3 Å². The number of methoxy groups -OCH3 is 3. The molecule has 8 heteroatoms. The summed E-state index contributed by atoms with van der Waals surface area (Å²) < 4.78 is 15.3. The fourth-order valence-corrected chi connectivity index (χ4v) is 3.31. The Kier molecular flexibility index (Phi) is 6.68. The molecule has 0 saturated carbocycles. The van der Waals surface area contributed by atoms with E-state index in [4.69, 9.17) is 14.2 Å². The third-order valence-electron chi connectivity index (χ3n) is 5.01. The molecule has 1 unspecified atom stereocenters. The first-order valence-electron chi connectivity index (χ1n) is 9.64. The van der Waals surface area contributed by atoms with Crippen LogP contribution in [0.1, 0.15) is 28.7 Å². The first-order chi connectivity index (χ1) is 14.5. The molecule has 0 spiro atoms. The van der Waals surface area contributed by atoms with Crippen LogP contribution in [0.3, 0.4) is 0 Å². The van der Waals surface area contributed by atoms with Gasteiger partial charge in [0.15, 0.2) is 17.3 Å². The summed E-state index contributed by atoms with van der Waals surface area (Å²) in [5, 5.41) is 0.452. The zero-order chi connectivity index (χ0) is 21.7. The van der Waals surface area contributed by atoms with Gasteiger partial charge in [-0.2, -0.15) is 0 Å². The molecule has 1 aromatic heterocycles. The van der Waals surface area contributed by atoms with Crippen LogP contribution >= 0.6 is 0 Å². The van der Waals surface area contributed by atoms with Crippen molar-refractivity contribution in [3.8, 4) is 11.5 Å². The Hall–Kier alpha value is -3.39. The molecule has 1 atom stereocenters. The van der Waals surface area contributed by atoms with Gasteiger partial charge >= 0.3 is 5.97 Å². The normalized spacial score (nSPS) is 11.9. The second-order valence-electron chi connectivity index (χ2n) is 6.88. The topological polar surface area (TPSA) is 94.9 Å². The summed E-state index contributed by atoms with van der Waals surface area (Å²) in [4.78, 5) is 32.9. The minimum atomic E-state index is -0.355. The molecular weight excluding hydrogens is 386 g/mol. The molecule has 8 nitrogen and oxygen atoms in total. The maximum absolute atomic E-state index is 12.6. The van der Waals surface area contributed by atoms with Gasteiger partial charge in [-0.1, -0.05) is 12.1 Å². The molecule has 30 heavy (non-hydrogen) atoms. The van der Waals surface area contributed by atoms with Gasteiger partial charge in [0, 0.05) is 11.6 Å². The molecule has 0 fully saturated rings. The number of esters is 1. The number of benzene rings is 2. The zero-order valence-electron chi connectivity index (χ0n) is 17.6. The molecule has 1 heterocycles. The minimum Gasteiger partial charge on any atom is -0.493 e. The van der Waals surface area contributed by atoms with Gasteiger partial charge in [0.2, 0.25) is 0 Å². The Balaban J connectivity index is 1.82. The second-order valence-corrected chi connectivity index (χ2v) is 6.88. The van der Waals surface area contributed by atoms with Crippen LogP contribution in [0.5, 0.6) is 11.5 Å². The highest BCUT2D eigenvalue weighted by atomic mass is 16.5. The van der Waals surface area contributed by atoms with Crippen molar-refractivity contribution in [2.24, 2.45) is 0 Å². The van der Waals surface area contributed by atoms with Crippen molar-refractivity contribution in [3.63, 3.8) is 0 Å². The van der Waals surface area contributed by atoms with Crippen LogP contribution in [0, 0.1) is 0 Å². The highest BCUT2D eigenvalue weighted by molar-refractivity contribution is 5.89. The van der Waals surface area contributed by atoms with Gasteiger partial charge in [0.1, 0.15) is 13.1 Å². The SMILES string of the molecule is CC[NH+](Cc1ccc(C(=O)OC)cc1)Cc1nc2cc(OC)c(OC)cc2c(=O)[nH]1. The van der Waals surface area contributed by atoms with Crippen molar-refractivity contribution >= 4 is 16.9 Å². The molecule has 0 aliphatic rings. The number of quaternary nitrogens is 1. The van der Waals surface area contributed by atoms with Crippen LogP contribution in [0.15, 0.2) is 41.2 Å². The molecule has 3 rings (SSSR count). The zero-order valence-corrected chi connectivity index (χ0v) is 17.6. The lowest BCUT2D eigenvalue weighted by Gasteiger charge is -2.17. The van der Waals surface area contributed by atoms with Gasteiger partial charge in [0.25, 0.3) is 5.56 Å². The number of aromatic amines is 1. The number of fused-ring (bicyclic) bond motifs is 1. The average Bonchev–Trinajstić information content (AvgIpc) is 2.77. The number of carbonyl (C=O) groups excluding carboxylic acids is 1. The van der Waals surface area contributed by atoms with Crippen molar-refractivity contribution in [1.82, 2.24) is 9.97 Å². The molecule has 0 bridgehead atoms. The monoisotopic (exact) mass is 412 g/mol. The first kappa shape index (κ1) is 21.3. The van der Waals surface area contributed by atoms with Gasteiger partial charge < -0.3 is 24.1 Å². The predicted octanol–water partition coefficient (Wildman–Crippen LogP) is 1.33. The van der Waals surface area contributed by atoms with E-state index in [1.807, 2.05) is 12.1 Å². The van der Waals surface area contributed by atoms with Crippen molar-refractivity contribution < 1.29 is 23.9 Å². The molecular formula is C22H26N3O5+. The number of hydrogen-bond acceptors (Lipinski definition) is 6. The van der Waals surface area contributed by atoms with E-state index in [2.05, 4.69) is 16.9 Å². The van der Waals surface area contributed by atoms with E-state index in [0.717, 1.165) is 18.7 Å². The summed E-state index contributed by atoms with van der Waals surface area (Å²) in [6, 6.07) is 10.7. The molecule has 158 valence electrons. The molecule has 0 radical (unpaired) electrons. The summed E-state index contributed by atoms with van der Waals surface area (Å²) >= 11 is 0. The van der Waals surface area contributed by atoms with E-state index in [1.54, 1.807) is 31.4 Å². The molecule has 0 aliphatic heterocycles. The lowest BCUT2D eigenvalue weighted by Crippen LogP contribution is -3.09. The lowest BCUT2D eigenvalue weighted by atomic mass is 10.1. The smallest absolute Gasteiger partial charge is 0.337 e. The third-order valence-corrected chi connectivity index (χ3v) is 5.01. The quantitative estimate of drug-likeness (QED) is 0.542. The van der Waals surface area contributed by atoms with E-state index < -0.39 is 0 Å². The Morgan fingerprint density at radius 2 is 1.70 bits per heavy atom. The largest absolute Gasteiger partial charge is 0.493 e. The Morgan fingerprint density at radius 1 is 1.03 bits per heavy atom. The van der Waals surface area contributed by atoms with Gasteiger partial charge in [-0.3, -0.25) is 4.79 Å². The summed E-state index contributed by atoms with van der Waals surface area (Å²) in [6.45, 7) is 4.19. The minimum absolute atomic E-state index is 0.214. The first-order valence-corrected chi connectivity index (χ1v) is 9.64. The van der Waals surface area contributed by atoms with E-state index >= 15 is 0 Å². The van der Waals surface area contributed by atoms with E-state index in [1.165, 1.54) is 19.1 Å². The van der Waals surface area contributed by atoms with Crippen LogP contribution < -0.4 is 19.9 Å². The summed E-state index contributed by atoms with van der Waals surface area (Å²) in [6.07, 6.45) is 0. The number of H-pyrrole nitrogens is 1. The van der Waals surface area contributed by atoms with Crippen LogP contribution in [0.4, 0.5) is 0 Å².